The van der Waals surface area contributed by atoms with Gasteiger partial charge in [-0.3, -0.25) is 4.79 Å². The molecule has 1 saturated carbocycles. The Balaban J connectivity index is 2.08. The second-order valence-electron chi connectivity index (χ2n) is 5.15. The lowest BCUT2D eigenvalue weighted by atomic mass is 10.1. The maximum absolute atomic E-state index is 11.7. The van der Waals surface area contributed by atoms with E-state index in [0.717, 1.165) is 0 Å². The van der Waals surface area contributed by atoms with Gasteiger partial charge in [0.25, 0.3) is 0 Å². The van der Waals surface area contributed by atoms with Crippen molar-refractivity contribution < 1.29 is 19.1 Å². The summed E-state index contributed by atoms with van der Waals surface area (Å²) in [4.78, 5) is 23.1. The van der Waals surface area contributed by atoms with Gasteiger partial charge in [0.1, 0.15) is 0 Å². The third-order valence-electron chi connectivity index (χ3n) is 3.70. The van der Waals surface area contributed by atoms with Crippen molar-refractivity contribution in [2.75, 3.05) is 13.2 Å². The third-order valence-corrected chi connectivity index (χ3v) is 3.70. The summed E-state index contributed by atoms with van der Waals surface area (Å²) >= 11 is 0. The van der Waals surface area contributed by atoms with Crippen molar-refractivity contribution in [3.05, 3.63) is 11.6 Å². The molecule has 0 amide bonds. The number of esters is 2. The van der Waals surface area contributed by atoms with E-state index in [1.165, 1.54) is 0 Å². The van der Waals surface area contributed by atoms with Crippen LogP contribution in [0, 0.1) is 17.3 Å². The highest BCUT2D eigenvalue weighted by Crippen LogP contribution is 2.60. The van der Waals surface area contributed by atoms with E-state index in [4.69, 9.17) is 9.47 Å². The summed E-state index contributed by atoms with van der Waals surface area (Å²) in [5.74, 6) is -0.424. The van der Waals surface area contributed by atoms with E-state index < -0.39 is 0 Å². The van der Waals surface area contributed by atoms with Crippen LogP contribution >= 0.6 is 0 Å². The van der Waals surface area contributed by atoms with Crippen LogP contribution in [0.15, 0.2) is 11.6 Å². The average Bonchev–Trinajstić information content (AvgIpc) is 2.56. The summed E-state index contributed by atoms with van der Waals surface area (Å²) < 4.78 is 9.92. The lowest BCUT2D eigenvalue weighted by Gasteiger charge is -2.01. The Morgan fingerprint density at radius 1 is 1.59 bits per heavy atom. The highest BCUT2D eigenvalue weighted by Gasteiger charge is 2.61. The molecule has 2 aliphatic rings. The van der Waals surface area contributed by atoms with E-state index >= 15 is 0 Å². The minimum Gasteiger partial charge on any atom is -0.466 e. The molecule has 94 valence electrons. The standard InChI is InChI=1S/C13H18O4/c1-4-16-12(15)10-9(13(10,2)3)7-8-5-6-17-11(8)14/h7,9-10H,4-6H2,1-3H3/b8-7+/t9-,10+/m1/s1. The smallest absolute Gasteiger partial charge is 0.333 e. The largest absolute Gasteiger partial charge is 0.466 e. The number of ether oxygens (including phenoxy) is 2. The van der Waals surface area contributed by atoms with Gasteiger partial charge in [0, 0.05) is 12.0 Å². The van der Waals surface area contributed by atoms with Gasteiger partial charge in [-0.2, -0.15) is 0 Å². The summed E-state index contributed by atoms with van der Waals surface area (Å²) in [6.45, 7) is 6.71. The molecule has 4 heteroatoms. The van der Waals surface area contributed by atoms with Crippen molar-refractivity contribution >= 4 is 11.9 Å². The van der Waals surface area contributed by atoms with Crippen LogP contribution in [0.4, 0.5) is 0 Å². The molecular formula is C13H18O4. The molecule has 1 heterocycles. The molecule has 2 rings (SSSR count). The van der Waals surface area contributed by atoms with E-state index in [1.54, 1.807) is 6.92 Å². The van der Waals surface area contributed by atoms with Gasteiger partial charge in [-0.1, -0.05) is 19.9 Å². The Morgan fingerprint density at radius 2 is 2.29 bits per heavy atom. The number of hydrogen-bond acceptors (Lipinski definition) is 4. The summed E-state index contributed by atoms with van der Waals surface area (Å²) in [6.07, 6.45) is 2.55. The zero-order chi connectivity index (χ0) is 12.6. The van der Waals surface area contributed by atoms with Gasteiger partial charge in [0.05, 0.1) is 19.1 Å². The van der Waals surface area contributed by atoms with Crippen LogP contribution in [0.3, 0.4) is 0 Å². The van der Waals surface area contributed by atoms with Crippen molar-refractivity contribution in [1.82, 2.24) is 0 Å². The van der Waals surface area contributed by atoms with Gasteiger partial charge in [-0.15, -0.1) is 0 Å². The first kappa shape index (κ1) is 12.1. The molecule has 4 nitrogen and oxygen atoms in total. The highest BCUT2D eigenvalue weighted by atomic mass is 16.5. The quantitative estimate of drug-likeness (QED) is 0.554. The van der Waals surface area contributed by atoms with Crippen molar-refractivity contribution in [2.24, 2.45) is 17.3 Å². The molecule has 1 aliphatic carbocycles. The lowest BCUT2D eigenvalue weighted by molar-refractivity contribution is -0.145. The van der Waals surface area contributed by atoms with Gasteiger partial charge >= 0.3 is 11.9 Å². The molecule has 17 heavy (non-hydrogen) atoms. The summed E-state index contributed by atoms with van der Waals surface area (Å²) in [5.41, 5.74) is 0.595. The van der Waals surface area contributed by atoms with Crippen molar-refractivity contribution in [3.63, 3.8) is 0 Å². The maximum Gasteiger partial charge on any atom is 0.333 e. The van der Waals surface area contributed by atoms with Crippen LogP contribution in [-0.2, 0) is 19.1 Å². The van der Waals surface area contributed by atoms with Gasteiger partial charge in [0.2, 0.25) is 0 Å². The molecule has 0 N–H and O–H groups in total. The zero-order valence-electron chi connectivity index (χ0n) is 10.5. The summed E-state index contributed by atoms with van der Waals surface area (Å²) in [6, 6.07) is 0. The number of allylic oxidation sites excluding steroid dienone is 1. The van der Waals surface area contributed by atoms with Crippen LogP contribution in [0.1, 0.15) is 27.2 Å². The number of carbonyl (C=O) groups is 2. The van der Waals surface area contributed by atoms with Gasteiger partial charge in [0.15, 0.2) is 0 Å². The zero-order valence-corrected chi connectivity index (χ0v) is 10.5. The van der Waals surface area contributed by atoms with E-state index in [9.17, 15) is 9.59 Å². The van der Waals surface area contributed by atoms with E-state index in [0.29, 0.717) is 25.2 Å². The number of rotatable bonds is 3. The highest BCUT2D eigenvalue weighted by molar-refractivity contribution is 5.90. The monoisotopic (exact) mass is 238 g/mol. The van der Waals surface area contributed by atoms with Crippen molar-refractivity contribution in [1.29, 1.82) is 0 Å². The van der Waals surface area contributed by atoms with Crippen LogP contribution in [-0.4, -0.2) is 25.2 Å². The number of carbonyl (C=O) groups excluding carboxylic acids is 2. The van der Waals surface area contributed by atoms with Crippen molar-refractivity contribution in [2.45, 2.75) is 27.2 Å². The maximum atomic E-state index is 11.7. The molecule has 0 radical (unpaired) electrons. The molecule has 0 bridgehead atoms. The topological polar surface area (TPSA) is 52.6 Å². The molecule has 0 aromatic carbocycles. The predicted octanol–water partition coefficient (Wildman–Crippen LogP) is 1.70. The van der Waals surface area contributed by atoms with Crippen LogP contribution < -0.4 is 0 Å². The van der Waals surface area contributed by atoms with Gasteiger partial charge in [-0.05, 0) is 18.3 Å². The minimum atomic E-state index is -0.240. The van der Waals surface area contributed by atoms with Crippen molar-refractivity contribution in [3.8, 4) is 0 Å². The average molecular weight is 238 g/mol. The fourth-order valence-electron chi connectivity index (χ4n) is 2.49. The Bertz CT molecular complexity index is 381. The molecule has 1 aliphatic heterocycles. The van der Waals surface area contributed by atoms with Crippen LogP contribution in [0.2, 0.25) is 0 Å². The molecule has 0 unspecified atom stereocenters. The van der Waals surface area contributed by atoms with E-state index in [-0.39, 0.29) is 29.2 Å². The lowest BCUT2D eigenvalue weighted by Crippen LogP contribution is -2.10. The van der Waals surface area contributed by atoms with E-state index in [1.807, 2.05) is 19.9 Å². The van der Waals surface area contributed by atoms with Gasteiger partial charge < -0.3 is 9.47 Å². The number of cyclic esters (lactones) is 1. The minimum absolute atomic E-state index is 0.0993. The molecule has 0 spiro atoms. The third kappa shape index (κ3) is 2.08. The molecule has 1 saturated heterocycles. The fourth-order valence-corrected chi connectivity index (χ4v) is 2.49. The first-order chi connectivity index (χ1) is 7.98. The molecule has 0 aromatic rings. The predicted molar refractivity (Wildman–Crippen MR) is 61.1 cm³/mol. The second kappa shape index (κ2) is 4.17. The molecule has 0 aromatic heterocycles. The molecular weight excluding hydrogens is 220 g/mol. The fraction of sp³-hybridized carbons (Fsp3) is 0.692. The Morgan fingerprint density at radius 3 is 2.82 bits per heavy atom. The Hall–Kier alpha value is -1.32. The van der Waals surface area contributed by atoms with Crippen LogP contribution in [0.25, 0.3) is 0 Å². The Labute approximate surface area is 101 Å². The molecule has 2 fully saturated rings. The Kier molecular flexibility index (Phi) is 2.98. The van der Waals surface area contributed by atoms with Crippen LogP contribution in [0.5, 0.6) is 0 Å². The first-order valence-electron chi connectivity index (χ1n) is 6.03. The van der Waals surface area contributed by atoms with Gasteiger partial charge in [-0.25, -0.2) is 4.79 Å². The summed E-state index contributed by atoms with van der Waals surface area (Å²) in [5, 5.41) is 0. The summed E-state index contributed by atoms with van der Waals surface area (Å²) in [7, 11) is 0. The molecule has 2 atom stereocenters. The normalized spacial score (nSPS) is 32.4. The number of hydrogen-bond donors (Lipinski definition) is 0. The SMILES string of the molecule is CCOC(=O)[C@@H]1[C@@H](/C=C2\CCOC2=O)C1(C)C. The van der Waals surface area contributed by atoms with E-state index in [2.05, 4.69) is 0 Å². The second-order valence-corrected chi connectivity index (χ2v) is 5.15. The first-order valence-corrected chi connectivity index (χ1v) is 6.03.